The lowest BCUT2D eigenvalue weighted by Gasteiger charge is -2.38. The summed E-state index contributed by atoms with van der Waals surface area (Å²) in [4.78, 5) is 7.21. The van der Waals surface area contributed by atoms with Gasteiger partial charge in [0.15, 0.2) is 0 Å². The Morgan fingerprint density at radius 2 is 1.59 bits per heavy atom. The Bertz CT molecular complexity index is 598. The number of β-amino-alcohol motifs (C(OH)–C–C–N with tert-alkyl or cyclic N) is 1. The molecule has 2 aliphatic heterocycles. The van der Waals surface area contributed by atoms with Gasteiger partial charge in [-0.05, 0) is 62.0 Å². The van der Waals surface area contributed by atoms with Crippen molar-refractivity contribution >= 4 is 0 Å². The van der Waals surface area contributed by atoms with Gasteiger partial charge in [-0.3, -0.25) is 9.80 Å². The molecule has 0 amide bonds. The molecular formula is C24H41N3O2. The van der Waals surface area contributed by atoms with E-state index in [0.717, 1.165) is 44.4 Å². The third-order valence-corrected chi connectivity index (χ3v) is 6.65. The van der Waals surface area contributed by atoms with E-state index >= 15 is 0 Å². The normalized spacial score (nSPS) is 22.0. The van der Waals surface area contributed by atoms with Gasteiger partial charge in [0, 0.05) is 39.3 Å². The quantitative estimate of drug-likeness (QED) is 0.758. The number of benzene rings is 1. The number of aliphatic hydroxyl groups excluding tert-OH is 1. The van der Waals surface area contributed by atoms with Crippen LogP contribution in [0.3, 0.4) is 0 Å². The zero-order valence-corrected chi connectivity index (χ0v) is 18.9. The zero-order chi connectivity index (χ0) is 20.9. The topological polar surface area (TPSA) is 39.2 Å². The molecule has 5 nitrogen and oxygen atoms in total. The molecule has 29 heavy (non-hydrogen) atoms. The Balaban J connectivity index is 1.37. The Labute approximate surface area is 177 Å². The Morgan fingerprint density at radius 3 is 2.17 bits per heavy atom. The number of nitrogens with zero attached hydrogens (tertiary/aromatic N) is 3. The molecule has 0 bridgehead atoms. The highest BCUT2D eigenvalue weighted by molar-refractivity contribution is 5.27. The maximum atomic E-state index is 10.3. The van der Waals surface area contributed by atoms with E-state index in [1.807, 2.05) is 12.1 Å². The first-order valence-corrected chi connectivity index (χ1v) is 11.3. The largest absolute Gasteiger partial charge is 0.491 e. The summed E-state index contributed by atoms with van der Waals surface area (Å²) >= 11 is 0. The standard InChI is InChI=1S/C24H41N3O2/c1-24(2,3)21-9-11-26(12-10-21)17-20-5-7-23(8-6-20)29-19-22(28)18-27-15-13-25(4)14-16-27/h5-8,21-22,28H,9-19H2,1-4H3/t22-/m1/s1. The van der Waals surface area contributed by atoms with Crippen molar-refractivity contribution in [2.75, 3.05) is 59.5 Å². The maximum Gasteiger partial charge on any atom is 0.119 e. The van der Waals surface area contributed by atoms with Gasteiger partial charge in [-0.1, -0.05) is 32.9 Å². The van der Waals surface area contributed by atoms with Gasteiger partial charge in [0.2, 0.25) is 0 Å². The molecule has 5 heteroatoms. The number of hydrogen-bond donors (Lipinski definition) is 1. The molecule has 2 heterocycles. The molecule has 0 spiro atoms. The number of ether oxygens (including phenoxy) is 1. The number of hydrogen-bond acceptors (Lipinski definition) is 5. The van der Waals surface area contributed by atoms with Crippen molar-refractivity contribution in [1.29, 1.82) is 0 Å². The van der Waals surface area contributed by atoms with Crippen molar-refractivity contribution in [2.45, 2.75) is 46.3 Å². The molecule has 0 radical (unpaired) electrons. The van der Waals surface area contributed by atoms with Crippen LogP contribution in [0.2, 0.25) is 0 Å². The number of piperidine rings is 1. The van der Waals surface area contributed by atoms with Crippen LogP contribution in [0, 0.1) is 11.3 Å². The summed E-state index contributed by atoms with van der Waals surface area (Å²) in [7, 11) is 2.15. The van der Waals surface area contributed by atoms with E-state index in [-0.39, 0.29) is 0 Å². The SMILES string of the molecule is CN1CCN(C[C@@H](O)COc2ccc(CN3CCC(C(C)(C)C)CC3)cc2)CC1. The Hall–Kier alpha value is -1.14. The summed E-state index contributed by atoms with van der Waals surface area (Å²) in [6, 6.07) is 8.41. The van der Waals surface area contributed by atoms with E-state index in [4.69, 9.17) is 4.74 Å². The second-order valence-corrected chi connectivity index (χ2v) is 10.1. The van der Waals surface area contributed by atoms with Crippen molar-refractivity contribution in [3.8, 4) is 5.75 Å². The molecule has 2 fully saturated rings. The van der Waals surface area contributed by atoms with E-state index < -0.39 is 6.10 Å². The summed E-state index contributed by atoms with van der Waals surface area (Å²) in [6.45, 7) is 15.7. The third-order valence-electron chi connectivity index (χ3n) is 6.65. The summed E-state index contributed by atoms with van der Waals surface area (Å²) in [6.07, 6.45) is 2.16. The van der Waals surface area contributed by atoms with Gasteiger partial charge >= 0.3 is 0 Å². The maximum absolute atomic E-state index is 10.3. The molecule has 3 rings (SSSR count). The first kappa shape index (κ1) is 22.5. The van der Waals surface area contributed by atoms with Gasteiger partial charge in [-0.15, -0.1) is 0 Å². The minimum absolute atomic E-state index is 0.353. The highest BCUT2D eigenvalue weighted by Crippen LogP contribution is 2.34. The highest BCUT2D eigenvalue weighted by Gasteiger charge is 2.28. The monoisotopic (exact) mass is 403 g/mol. The molecule has 0 aliphatic carbocycles. The van der Waals surface area contributed by atoms with Crippen molar-refractivity contribution in [3.63, 3.8) is 0 Å². The van der Waals surface area contributed by atoms with Gasteiger partial charge in [-0.25, -0.2) is 0 Å². The van der Waals surface area contributed by atoms with Crippen molar-refractivity contribution < 1.29 is 9.84 Å². The number of likely N-dealkylation sites (N-methyl/N-ethyl adjacent to an activating group) is 1. The van der Waals surface area contributed by atoms with Crippen molar-refractivity contribution in [2.24, 2.45) is 11.3 Å². The second kappa shape index (κ2) is 10.3. The van der Waals surface area contributed by atoms with Crippen LogP contribution < -0.4 is 4.74 Å². The summed E-state index contributed by atoms with van der Waals surface area (Å²) in [5.74, 6) is 1.68. The fourth-order valence-electron chi connectivity index (χ4n) is 4.48. The van der Waals surface area contributed by atoms with Crippen LogP contribution in [0.4, 0.5) is 0 Å². The molecule has 1 aromatic rings. The van der Waals surface area contributed by atoms with Gasteiger partial charge in [0.05, 0.1) is 0 Å². The first-order chi connectivity index (χ1) is 13.8. The van der Waals surface area contributed by atoms with Crippen LogP contribution in [0.5, 0.6) is 5.75 Å². The number of rotatable bonds is 7. The molecule has 164 valence electrons. The fraction of sp³-hybridized carbons (Fsp3) is 0.750. The molecule has 2 aliphatic rings. The highest BCUT2D eigenvalue weighted by atomic mass is 16.5. The van der Waals surface area contributed by atoms with Gasteiger partial charge in [0.1, 0.15) is 18.5 Å². The smallest absolute Gasteiger partial charge is 0.119 e. The van der Waals surface area contributed by atoms with Crippen LogP contribution in [-0.2, 0) is 6.54 Å². The predicted octanol–water partition coefficient (Wildman–Crippen LogP) is 2.93. The van der Waals surface area contributed by atoms with Crippen LogP contribution in [0.1, 0.15) is 39.2 Å². The van der Waals surface area contributed by atoms with Crippen molar-refractivity contribution in [1.82, 2.24) is 14.7 Å². The summed E-state index contributed by atoms with van der Waals surface area (Å²) in [5.41, 5.74) is 1.77. The van der Waals surface area contributed by atoms with Crippen LogP contribution in [0.25, 0.3) is 0 Å². The van der Waals surface area contributed by atoms with Crippen LogP contribution in [-0.4, -0.2) is 85.4 Å². The summed E-state index contributed by atoms with van der Waals surface area (Å²) in [5, 5.41) is 10.3. The van der Waals surface area contributed by atoms with E-state index in [2.05, 4.69) is 54.7 Å². The van der Waals surface area contributed by atoms with E-state index in [1.165, 1.54) is 31.5 Å². The molecule has 0 saturated carbocycles. The average Bonchev–Trinajstić information content (AvgIpc) is 2.69. The third kappa shape index (κ3) is 7.25. The fourth-order valence-corrected chi connectivity index (χ4v) is 4.48. The minimum atomic E-state index is -0.442. The number of aliphatic hydroxyl groups is 1. The average molecular weight is 404 g/mol. The molecule has 1 atom stereocenters. The predicted molar refractivity (Wildman–Crippen MR) is 119 cm³/mol. The van der Waals surface area contributed by atoms with Crippen LogP contribution >= 0.6 is 0 Å². The van der Waals surface area contributed by atoms with Crippen molar-refractivity contribution in [3.05, 3.63) is 29.8 Å². The lowest BCUT2D eigenvalue weighted by Crippen LogP contribution is -2.47. The van der Waals surface area contributed by atoms with E-state index in [9.17, 15) is 5.11 Å². The Kier molecular flexibility index (Phi) is 7.97. The van der Waals surface area contributed by atoms with E-state index in [1.54, 1.807) is 0 Å². The zero-order valence-electron chi connectivity index (χ0n) is 18.9. The van der Waals surface area contributed by atoms with Gasteiger partial charge in [0.25, 0.3) is 0 Å². The minimum Gasteiger partial charge on any atom is -0.491 e. The number of piperazine rings is 1. The van der Waals surface area contributed by atoms with E-state index in [0.29, 0.717) is 18.6 Å². The lowest BCUT2D eigenvalue weighted by atomic mass is 9.75. The molecule has 1 N–H and O–H groups in total. The van der Waals surface area contributed by atoms with Crippen LogP contribution in [0.15, 0.2) is 24.3 Å². The molecule has 0 aromatic heterocycles. The number of likely N-dealkylation sites (tertiary alicyclic amines) is 1. The molecular weight excluding hydrogens is 362 g/mol. The van der Waals surface area contributed by atoms with Gasteiger partial charge in [-0.2, -0.15) is 0 Å². The molecule has 0 unspecified atom stereocenters. The second-order valence-electron chi connectivity index (χ2n) is 10.1. The first-order valence-electron chi connectivity index (χ1n) is 11.3. The molecule has 2 saturated heterocycles. The van der Waals surface area contributed by atoms with Gasteiger partial charge < -0.3 is 14.7 Å². The molecule has 1 aromatic carbocycles. The lowest BCUT2D eigenvalue weighted by molar-refractivity contribution is 0.0504. The Morgan fingerprint density at radius 1 is 0.966 bits per heavy atom. The summed E-state index contributed by atoms with van der Waals surface area (Å²) < 4.78 is 5.83.